The Balaban J connectivity index is 1.42. The van der Waals surface area contributed by atoms with E-state index in [2.05, 4.69) is 15.3 Å². The average molecular weight is 320 g/mol. The Morgan fingerprint density at radius 2 is 1.92 bits per heavy atom. The quantitative estimate of drug-likeness (QED) is 0.573. The summed E-state index contributed by atoms with van der Waals surface area (Å²) < 4.78 is 5.46. The van der Waals surface area contributed by atoms with Gasteiger partial charge in [0.05, 0.1) is 0 Å². The van der Waals surface area contributed by atoms with E-state index in [1.165, 1.54) is 5.56 Å². The third kappa shape index (κ3) is 2.86. The number of nitrogens with zero attached hydrogens (tertiary/aromatic N) is 2. The summed E-state index contributed by atoms with van der Waals surface area (Å²) in [6.07, 6.45) is 0.825. The summed E-state index contributed by atoms with van der Waals surface area (Å²) in [5.41, 5.74) is 8.29. The van der Waals surface area contributed by atoms with Crippen LogP contribution >= 0.6 is 0 Å². The summed E-state index contributed by atoms with van der Waals surface area (Å²) in [6.45, 7) is 0. The molecule has 1 aromatic heterocycles. The first-order valence-electron chi connectivity index (χ1n) is 7.76. The van der Waals surface area contributed by atoms with Crippen LogP contribution in [0.25, 0.3) is 11.1 Å². The number of hydrogen-bond acceptors (Lipinski definition) is 4. The standard InChI is InChI=1S/C18H16N4O2/c19-17(22-18-20-14-8-4-5-9-15(14)24-18)21-16(23)13-10-12(13)11-6-2-1-3-7-11/h1-9,12-13H,10H2,(H3,19,20,21,22,23). The van der Waals surface area contributed by atoms with Crippen LogP contribution in [0.3, 0.4) is 0 Å². The number of oxazole rings is 1. The van der Waals surface area contributed by atoms with Crippen molar-refractivity contribution < 1.29 is 9.21 Å². The zero-order valence-corrected chi connectivity index (χ0v) is 12.8. The van der Waals surface area contributed by atoms with E-state index in [1.807, 2.05) is 48.5 Å². The normalized spacial score (nSPS) is 20.1. The monoisotopic (exact) mass is 320 g/mol. The summed E-state index contributed by atoms with van der Waals surface area (Å²) >= 11 is 0. The van der Waals surface area contributed by atoms with E-state index in [-0.39, 0.29) is 29.7 Å². The number of fused-ring (bicyclic) bond motifs is 1. The van der Waals surface area contributed by atoms with Gasteiger partial charge in [-0.3, -0.25) is 10.1 Å². The molecule has 0 radical (unpaired) electrons. The van der Waals surface area contributed by atoms with Crippen molar-refractivity contribution in [2.45, 2.75) is 12.3 Å². The van der Waals surface area contributed by atoms with Crippen molar-refractivity contribution in [3.05, 3.63) is 60.2 Å². The number of amides is 1. The molecule has 0 aliphatic heterocycles. The van der Waals surface area contributed by atoms with Crippen molar-refractivity contribution in [2.24, 2.45) is 16.6 Å². The Morgan fingerprint density at radius 3 is 2.71 bits per heavy atom. The molecule has 0 saturated heterocycles. The highest BCUT2D eigenvalue weighted by Crippen LogP contribution is 2.47. The largest absolute Gasteiger partial charge is 0.422 e. The molecule has 1 heterocycles. The molecule has 6 heteroatoms. The molecule has 1 aliphatic rings. The van der Waals surface area contributed by atoms with E-state index in [0.717, 1.165) is 6.42 Å². The fourth-order valence-corrected chi connectivity index (χ4v) is 2.81. The van der Waals surface area contributed by atoms with Crippen molar-refractivity contribution in [3.63, 3.8) is 0 Å². The van der Waals surface area contributed by atoms with Gasteiger partial charge < -0.3 is 10.2 Å². The molecule has 1 saturated carbocycles. The van der Waals surface area contributed by atoms with Gasteiger partial charge in [0.2, 0.25) is 11.9 Å². The summed E-state index contributed by atoms with van der Waals surface area (Å²) in [6, 6.07) is 17.4. The van der Waals surface area contributed by atoms with E-state index < -0.39 is 0 Å². The lowest BCUT2D eigenvalue weighted by Gasteiger charge is -2.03. The third-order valence-electron chi connectivity index (χ3n) is 4.10. The molecule has 0 spiro atoms. The Kier molecular flexibility index (Phi) is 3.49. The number of hydrogen-bond donors (Lipinski definition) is 2. The zero-order valence-electron chi connectivity index (χ0n) is 12.8. The summed E-state index contributed by atoms with van der Waals surface area (Å²) in [5.74, 6) is 0.0552. The van der Waals surface area contributed by atoms with Crippen molar-refractivity contribution >= 4 is 29.0 Å². The highest BCUT2D eigenvalue weighted by molar-refractivity contribution is 5.99. The molecule has 4 rings (SSSR count). The molecule has 2 unspecified atom stereocenters. The average Bonchev–Trinajstić information content (AvgIpc) is 3.29. The van der Waals surface area contributed by atoms with Crippen LogP contribution in [0.2, 0.25) is 0 Å². The summed E-state index contributed by atoms with van der Waals surface area (Å²) in [7, 11) is 0. The second-order valence-electron chi connectivity index (χ2n) is 5.81. The van der Waals surface area contributed by atoms with Crippen LogP contribution in [0.4, 0.5) is 6.01 Å². The summed E-state index contributed by atoms with van der Waals surface area (Å²) in [5, 5.41) is 2.62. The molecule has 1 fully saturated rings. The Bertz CT molecular complexity index is 884. The number of aromatic nitrogens is 1. The number of carbonyl (C=O) groups excluding carboxylic acids is 1. The van der Waals surface area contributed by atoms with Gasteiger partial charge in [0.15, 0.2) is 5.58 Å². The predicted octanol–water partition coefficient (Wildman–Crippen LogP) is 2.69. The number of aliphatic imine (C=N–C) groups is 1. The number of benzene rings is 2. The zero-order chi connectivity index (χ0) is 16.5. The number of carbonyl (C=O) groups is 1. The van der Waals surface area contributed by atoms with Crippen LogP contribution in [-0.4, -0.2) is 16.9 Å². The smallest absolute Gasteiger partial charge is 0.325 e. The van der Waals surface area contributed by atoms with Crippen LogP contribution < -0.4 is 11.1 Å². The fraction of sp³-hybridized carbons (Fsp3) is 0.167. The third-order valence-corrected chi connectivity index (χ3v) is 4.10. The minimum atomic E-state index is -0.124. The maximum Gasteiger partial charge on any atom is 0.325 e. The Hall–Kier alpha value is -3.15. The van der Waals surface area contributed by atoms with Gasteiger partial charge in [-0.2, -0.15) is 9.98 Å². The molecular weight excluding hydrogens is 304 g/mol. The molecule has 1 amide bonds. The van der Waals surface area contributed by atoms with Gasteiger partial charge >= 0.3 is 6.01 Å². The van der Waals surface area contributed by atoms with Crippen LogP contribution in [0.15, 0.2) is 64.0 Å². The van der Waals surface area contributed by atoms with Crippen LogP contribution in [-0.2, 0) is 4.79 Å². The van der Waals surface area contributed by atoms with Gasteiger partial charge in [-0.1, -0.05) is 42.5 Å². The molecular formula is C18H16N4O2. The maximum absolute atomic E-state index is 12.2. The van der Waals surface area contributed by atoms with Crippen LogP contribution in [0.5, 0.6) is 0 Å². The predicted molar refractivity (Wildman–Crippen MR) is 90.7 cm³/mol. The van der Waals surface area contributed by atoms with E-state index in [1.54, 1.807) is 6.07 Å². The highest BCUT2D eigenvalue weighted by atomic mass is 16.4. The lowest BCUT2D eigenvalue weighted by atomic mass is 10.1. The Labute approximate surface area is 138 Å². The van der Waals surface area contributed by atoms with Crippen molar-refractivity contribution in [1.82, 2.24) is 10.3 Å². The molecule has 1 aliphatic carbocycles. The number of nitrogens with one attached hydrogen (secondary N) is 1. The lowest BCUT2D eigenvalue weighted by molar-refractivity contribution is -0.121. The first kappa shape index (κ1) is 14.4. The molecule has 3 aromatic rings. The van der Waals surface area contributed by atoms with E-state index >= 15 is 0 Å². The van der Waals surface area contributed by atoms with Gasteiger partial charge in [-0.25, -0.2) is 0 Å². The molecule has 2 aromatic carbocycles. The first-order chi connectivity index (χ1) is 11.7. The second kappa shape index (κ2) is 5.81. The molecule has 6 nitrogen and oxygen atoms in total. The SMILES string of the molecule is N/C(=N\c1nc2ccccc2o1)NC(=O)C1CC1c1ccccc1. The topological polar surface area (TPSA) is 93.5 Å². The van der Waals surface area contributed by atoms with Crippen LogP contribution in [0, 0.1) is 5.92 Å². The van der Waals surface area contributed by atoms with Gasteiger partial charge in [-0.05, 0) is 30.0 Å². The van der Waals surface area contributed by atoms with Crippen molar-refractivity contribution in [1.29, 1.82) is 0 Å². The maximum atomic E-state index is 12.2. The second-order valence-corrected chi connectivity index (χ2v) is 5.81. The van der Waals surface area contributed by atoms with Gasteiger partial charge in [0, 0.05) is 5.92 Å². The number of guanidine groups is 1. The van der Waals surface area contributed by atoms with E-state index in [4.69, 9.17) is 10.2 Å². The van der Waals surface area contributed by atoms with Crippen molar-refractivity contribution in [2.75, 3.05) is 0 Å². The van der Waals surface area contributed by atoms with Gasteiger partial charge in [-0.15, -0.1) is 0 Å². The molecule has 24 heavy (non-hydrogen) atoms. The number of para-hydroxylation sites is 2. The number of rotatable bonds is 3. The van der Waals surface area contributed by atoms with E-state index in [9.17, 15) is 4.79 Å². The molecule has 3 N–H and O–H groups in total. The lowest BCUT2D eigenvalue weighted by Crippen LogP contribution is -2.37. The van der Waals surface area contributed by atoms with Gasteiger partial charge in [0.1, 0.15) is 5.52 Å². The van der Waals surface area contributed by atoms with Crippen LogP contribution in [0.1, 0.15) is 17.9 Å². The summed E-state index contributed by atoms with van der Waals surface area (Å²) in [4.78, 5) is 20.5. The molecule has 2 atom stereocenters. The first-order valence-corrected chi connectivity index (χ1v) is 7.76. The number of nitrogens with two attached hydrogens (primary N) is 1. The molecule has 120 valence electrons. The fourth-order valence-electron chi connectivity index (χ4n) is 2.81. The van der Waals surface area contributed by atoms with Gasteiger partial charge in [0.25, 0.3) is 0 Å². The van der Waals surface area contributed by atoms with E-state index in [0.29, 0.717) is 11.1 Å². The molecule has 0 bridgehead atoms. The van der Waals surface area contributed by atoms with Crippen molar-refractivity contribution in [3.8, 4) is 0 Å². The highest BCUT2D eigenvalue weighted by Gasteiger charge is 2.44. The minimum Gasteiger partial charge on any atom is -0.422 e. The Morgan fingerprint density at radius 1 is 1.17 bits per heavy atom. The minimum absolute atomic E-state index is 0.00901.